The average molecular weight is 365 g/mol. The number of carbonyl (C=O) groups is 1. The number of alkyl halides is 3. The van der Waals surface area contributed by atoms with Crippen LogP contribution >= 0.6 is 0 Å². The fraction of sp³-hybridized carbons (Fsp3) is 0.412. The summed E-state index contributed by atoms with van der Waals surface area (Å²) in [6, 6.07) is 1.56. The minimum absolute atomic E-state index is 0.0573. The average Bonchev–Trinajstić information content (AvgIpc) is 3.15. The molecule has 0 saturated carbocycles. The number of rotatable bonds is 4. The van der Waals surface area contributed by atoms with Crippen LogP contribution in [0, 0.1) is 6.92 Å². The van der Waals surface area contributed by atoms with E-state index in [9.17, 15) is 18.0 Å². The number of carbonyl (C=O) groups excluding carboxylic acids is 1. The van der Waals surface area contributed by atoms with Crippen molar-refractivity contribution in [1.29, 1.82) is 0 Å². The molecule has 1 fully saturated rings. The summed E-state index contributed by atoms with van der Waals surface area (Å²) in [5.74, 6) is -1.25. The predicted molar refractivity (Wildman–Crippen MR) is 87.9 cm³/mol. The monoisotopic (exact) mass is 365 g/mol. The normalized spacial score (nSPS) is 17.3. The van der Waals surface area contributed by atoms with Gasteiger partial charge in [-0.3, -0.25) is 9.78 Å². The molecule has 1 saturated heterocycles. The maximum Gasteiger partial charge on any atom is 0.451 e. The molecular weight excluding hydrogens is 347 g/mol. The second kappa shape index (κ2) is 7.36. The lowest BCUT2D eigenvalue weighted by molar-refractivity contribution is -0.145. The van der Waals surface area contributed by atoms with Gasteiger partial charge in [0.25, 0.3) is 0 Å². The third kappa shape index (κ3) is 4.16. The van der Waals surface area contributed by atoms with Crippen LogP contribution in [0.1, 0.15) is 29.8 Å². The molecule has 9 heteroatoms. The van der Waals surface area contributed by atoms with Gasteiger partial charge in [-0.25, -0.2) is 9.97 Å². The topological polar surface area (TPSA) is 79.8 Å². The summed E-state index contributed by atoms with van der Waals surface area (Å²) >= 11 is 0. The zero-order valence-corrected chi connectivity index (χ0v) is 14.1. The van der Waals surface area contributed by atoms with Gasteiger partial charge in [-0.15, -0.1) is 0 Å². The van der Waals surface area contributed by atoms with E-state index in [1.54, 1.807) is 12.3 Å². The summed E-state index contributed by atoms with van der Waals surface area (Å²) in [4.78, 5) is 23.0. The van der Waals surface area contributed by atoms with Crippen molar-refractivity contribution in [2.75, 3.05) is 6.54 Å². The number of amides is 1. The van der Waals surface area contributed by atoms with E-state index in [-0.39, 0.29) is 11.9 Å². The highest BCUT2D eigenvalue weighted by Gasteiger charge is 2.34. The van der Waals surface area contributed by atoms with Gasteiger partial charge in [0.1, 0.15) is 0 Å². The Morgan fingerprint density at radius 3 is 2.62 bits per heavy atom. The minimum atomic E-state index is -4.58. The molecule has 2 aromatic heterocycles. The molecule has 138 valence electrons. The van der Waals surface area contributed by atoms with E-state index in [0.717, 1.165) is 42.9 Å². The fourth-order valence-electron chi connectivity index (χ4n) is 2.73. The van der Waals surface area contributed by atoms with Gasteiger partial charge in [0.05, 0.1) is 11.7 Å². The second-order valence-corrected chi connectivity index (χ2v) is 6.16. The van der Waals surface area contributed by atoms with E-state index < -0.39 is 12.0 Å². The lowest BCUT2D eigenvalue weighted by atomic mass is 10.1. The Morgan fingerprint density at radius 1 is 1.27 bits per heavy atom. The number of hydrogen-bond acceptors (Lipinski definition) is 5. The summed E-state index contributed by atoms with van der Waals surface area (Å²) in [7, 11) is 0. The van der Waals surface area contributed by atoms with E-state index in [1.807, 2.05) is 6.92 Å². The van der Waals surface area contributed by atoms with Crippen LogP contribution in [0.3, 0.4) is 0 Å². The standard InChI is InChI=1S/C17H18F3N5O/c1-10-6-22-14(12-8-24-16(25-9-12)17(18,19)20)5-11(10)7-23-15(26)13-3-2-4-21-13/h5-6,8-9,13,21H,2-4,7H2,1H3,(H,23,26). The van der Waals surface area contributed by atoms with Crippen LogP contribution in [0.2, 0.25) is 0 Å². The summed E-state index contributed by atoms with van der Waals surface area (Å²) in [5.41, 5.74) is 2.54. The summed E-state index contributed by atoms with van der Waals surface area (Å²) < 4.78 is 37.7. The highest BCUT2D eigenvalue weighted by molar-refractivity contribution is 5.82. The summed E-state index contributed by atoms with van der Waals surface area (Å²) in [6.07, 6.45) is 1.02. The van der Waals surface area contributed by atoms with Gasteiger partial charge in [0.2, 0.25) is 11.7 Å². The van der Waals surface area contributed by atoms with Crippen molar-refractivity contribution in [3.05, 3.63) is 41.6 Å². The molecule has 6 nitrogen and oxygen atoms in total. The number of nitrogens with one attached hydrogen (secondary N) is 2. The minimum Gasteiger partial charge on any atom is -0.351 e. The Morgan fingerprint density at radius 2 is 2.00 bits per heavy atom. The van der Waals surface area contributed by atoms with E-state index >= 15 is 0 Å². The number of nitrogens with zero attached hydrogens (tertiary/aromatic N) is 3. The van der Waals surface area contributed by atoms with Crippen LogP contribution in [0.25, 0.3) is 11.3 Å². The smallest absolute Gasteiger partial charge is 0.351 e. The third-order valence-electron chi connectivity index (χ3n) is 4.25. The molecule has 0 aromatic carbocycles. The predicted octanol–water partition coefficient (Wildman–Crippen LogP) is 2.23. The van der Waals surface area contributed by atoms with Crippen molar-refractivity contribution in [2.24, 2.45) is 0 Å². The van der Waals surface area contributed by atoms with Crippen molar-refractivity contribution in [3.63, 3.8) is 0 Å². The molecule has 26 heavy (non-hydrogen) atoms. The van der Waals surface area contributed by atoms with E-state index in [1.165, 1.54) is 0 Å². The maximum atomic E-state index is 12.6. The van der Waals surface area contributed by atoms with Crippen molar-refractivity contribution >= 4 is 5.91 Å². The van der Waals surface area contributed by atoms with Gasteiger partial charge in [-0.05, 0) is 43.5 Å². The molecule has 1 atom stereocenters. The Hall–Kier alpha value is -2.55. The fourth-order valence-corrected chi connectivity index (χ4v) is 2.73. The van der Waals surface area contributed by atoms with Crippen molar-refractivity contribution in [3.8, 4) is 11.3 Å². The van der Waals surface area contributed by atoms with E-state index in [2.05, 4.69) is 25.6 Å². The molecular formula is C17H18F3N5O. The van der Waals surface area contributed by atoms with Gasteiger partial charge in [0.15, 0.2) is 0 Å². The number of aromatic nitrogens is 3. The third-order valence-corrected chi connectivity index (χ3v) is 4.25. The number of halogens is 3. The SMILES string of the molecule is Cc1cnc(-c2cnc(C(F)(F)F)nc2)cc1CNC(=O)C1CCCN1. The Labute approximate surface area is 148 Å². The van der Waals surface area contributed by atoms with Crippen LogP contribution in [0.4, 0.5) is 13.2 Å². The van der Waals surface area contributed by atoms with Gasteiger partial charge in [-0.1, -0.05) is 0 Å². The first kappa shape index (κ1) is 18.2. The van der Waals surface area contributed by atoms with Crippen LogP contribution in [-0.4, -0.2) is 33.4 Å². The Balaban J connectivity index is 1.73. The van der Waals surface area contributed by atoms with Crippen LogP contribution in [-0.2, 0) is 17.5 Å². The Kier molecular flexibility index (Phi) is 5.17. The lowest BCUT2D eigenvalue weighted by Gasteiger charge is -2.13. The molecule has 3 heterocycles. The van der Waals surface area contributed by atoms with Crippen LogP contribution in [0.5, 0.6) is 0 Å². The first-order chi connectivity index (χ1) is 12.3. The van der Waals surface area contributed by atoms with E-state index in [0.29, 0.717) is 17.8 Å². The molecule has 2 aromatic rings. The summed E-state index contributed by atoms with van der Waals surface area (Å²) in [5, 5.41) is 6.01. The molecule has 1 aliphatic heterocycles. The maximum absolute atomic E-state index is 12.6. The molecule has 3 rings (SSSR count). The molecule has 1 unspecified atom stereocenters. The zero-order chi connectivity index (χ0) is 18.7. The highest BCUT2D eigenvalue weighted by Crippen LogP contribution is 2.27. The number of aryl methyl sites for hydroxylation is 1. The van der Waals surface area contributed by atoms with Crippen molar-refractivity contribution < 1.29 is 18.0 Å². The van der Waals surface area contributed by atoms with Gasteiger partial charge in [0, 0.05) is 30.7 Å². The van der Waals surface area contributed by atoms with Crippen molar-refractivity contribution in [2.45, 2.75) is 38.5 Å². The molecule has 1 aliphatic rings. The molecule has 0 aliphatic carbocycles. The number of pyridine rings is 1. The van der Waals surface area contributed by atoms with Crippen LogP contribution < -0.4 is 10.6 Å². The highest BCUT2D eigenvalue weighted by atomic mass is 19.4. The van der Waals surface area contributed by atoms with Gasteiger partial charge < -0.3 is 10.6 Å². The zero-order valence-electron chi connectivity index (χ0n) is 14.1. The molecule has 0 spiro atoms. The van der Waals surface area contributed by atoms with Crippen LogP contribution in [0.15, 0.2) is 24.7 Å². The van der Waals surface area contributed by atoms with Crippen molar-refractivity contribution in [1.82, 2.24) is 25.6 Å². The second-order valence-electron chi connectivity index (χ2n) is 6.16. The molecule has 0 bridgehead atoms. The van der Waals surface area contributed by atoms with Gasteiger partial charge >= 0.3 is 6.18 Å². The molecule has 1 amide bonds. The first-order valence-electron chi connectivity index (χ1n) is 8.21. The molecule has 0 radical (unpaired) electrons. The first-order valence-corrected chi connectivity index (χ1v) is 8.21. The lowest BCUT2D eigenvalue weighted by Crippen LogP contribution is -2.40. The largest absolute Gasteiger partial charge is 0.451 e. The summed E-state index contributed by atoms with van der Waals surface area (Å²) in [6.45, 7) is 3.01. The molecule has 2 N–H and O–H groups in total. The number of hydrogen-bond donors (Lipinski definition) is 2. The quantitative estimate of drug-likeness (QED) is 0.869. The van der Waals surface area contributed by atoms with E-state index in [4.69, 9.17) is 0 Å². The Bertz CT molecular complexity index is 786. The van der Waals surface area contributed by atoms with Gasteiger partial charge in [-0.2, -0.15) is 13.2 Å².